The number of amides is 2. The van der Waals surface area contributed by atoms with Crippen molar-refractivity contribution in [1.29, 1.82) is 0 Å². The molecule has 0 saturated heterocycles. The quantitative estimate of drug-likeness (QED) is 0.229. The Bertz CT molecular complexity index is 1780. The Labute approximate surface area is 255 Å². The highest BCUT2D eigenvalue weighted by Crippen LogP contribution is 2.26. The second-order valence-electron chi connectivity index (χ2n) is 10.9. The van der Waals surface area contributed by atoms with Crippen molar-refractivity contribution in [1.82, 2.24) is 20.2 Å². The van der Waals surface area contributed by atoms with E-state index in [-0.39, 0.29) is 29.8 Å². The zero-order chi connectivity index (χ0) is 32.1. The molecule has 10 heteroatoms. The van der Waals surface area contributed by atoms with Crippen LogP contribution in [0.15, 0.2) is 71.7 Å². The minimum atomic E-state index is -0.559. The number of nitrogens with zero attached hydrogens (tertiary/aromatic N) is 2. The van der Waals surface area contributed by atoms with Gasteiger partial charge in [0.1, 0.15) is 17.3 Å². The summed E-state index contributed by atoms with van der Waals surface area (Å²) in [5.41, 5.74) is 3.36. The van der Waals surface area contributed by atoms with Crippen LogP contribution in [-0.4, -0.2) is 47.3 Å². The average Bonchev–Trinajstić information content (AvgIpc) is 3.02. The molecule has 228 valence electrons. The molecule has 1 aromatic heterocycles. The summed E-state index contributed by atoms with van der Waals surface area (Å²) in [7, 11) is 3.18. The number of aromatic nitrogens is 2. The number of ketones is 1. The average molecular weight is 598 g/mol. The fourth-order valence-electron chi connectivity index (χ4n) is 4.79. The van der Waals surface area contributed by atoms with E-state index in [1.807, 2.05) is 19.9 Å². The SMILES string of the molecule is CNC(=O)c1cccc(-c2ncc(NC(=O)C(C)NC)c(=O)n2Cc2cc(C(=O)c3ccc(F)cc3)cc(C(C)C)c2)c1C. The highest BCUT2D eigenvalue weighted by molar-refractivity contribution is 6.09. The lowest BCUT2D eigenvalue weighted by Crippen LogP contribution is -2.38. The van der Waals surface area contributed by atoms with Crippen molar-refractivity contribution in [2.24, 2.45) is 0 Å². The van der Waals surface area contributed by atoms with Gasteiger partial charge in [-0.3, -0.25) is 23.7 Å². The Balaban J connectivity index is 1.90. The first-order chi connectivity index (χ1) is 20.9. The number of halogens is 1. The summed E-state index contributed by atoms with van der Waals surface area (Å²) in [6, 6.07) is 15.4. The van der Waals surface area contributed by atoms with Crippen LogP contribution in [0.2, 0.25) is 0 Å². The smallest absolute Gasteiger partial charge is 0.277 e. The van der Waals surface area contributed by atoms with Gasteiger partial charge in [-0.1, -0.05) is 32.0 Å². The van der Waals surface area contributed by atoms with Gasteiger partial charge in [0.05, 0.1) is 18.8 Å². The zero-order valence-electron chi connectivity index (χ0n) is 25.6. The molecular weight excluding hydrogens is 561 g/mol. The third-order valence-electron chi connectivity index (χ3n) is 7.57. The Morgan fingerprint density at radius 1 is 0.955 bits per heavy atom. The number of carbonyl (C=O) groups excluding carboxylic acids is 3. The van der Waals surface area contributed by atoms with Gasteiger partial charge in [0.2, 0.25) is 5.91 Å². The molecule has 44 heavy (non-hydrogen) atoms. The van der Waals surface area contributed by atoms with Gasteiger partial charge in [0, 0.05) is 29.3 Å². The summed E-state index contributed by atoms with van der Waals surface area (Å²) in [4.78, 5) is 57.3. The van der Waals surface area contributed by atoms with Crippen LogP contribution in [0.5, 0.6) is 0 Å². The summed E-state index contributed by atoms with van der Waals surface area (Å²) in [6.07, 6.45) is 1.31. The number of rotatable bonds is 10. The van der Waals surface area contributed by atoms with Crippen LogP contribution in [-0.2, 0) is 11.3 Å². The maximum Gasteiger partial charge on any atom is 0.277 e. The highest BCUT2D eigenvalue weighted by atomic mass is 19.1. The molecule has 4 aromatic rings. The van der Waals surface area contributed by atoms with Gasteiger partial charge in [0.25, 0.3) is 11.5 Å². The van der Waals surface area contributed by atoms with E-state index in [4.69, 9.17) is 0 Å². The van der Waals surface area contributed by atoms with E-state index in [9.17, 15) is 23.6 Å². The Hall–Kier alpha value is -4.96. The molecule has 1 atom stereocenters. The Morgan fingerprint density at radius 3 is 2.30 bits per heavy atom. The lowest BCUT2D eigenvalue weighted by atomic mass is 9.94. The molecule has 9 nitrogen and oxygen atoms in total. The van der Waals surface area contributed by atoms with E-state index in [2.05, 4.69) is 20.9 Å². The van der Waals surface area contributed by atoms with Gasteiger partial charge in [-0.15, -0.1) is 0 Å². The molecule has 2 amide bonds. The standard InChI is InChI=1S/C34H36FN5O4/c1-19(2)24-14-22(15-25(16-24)30(41)23-10-12-26(35)13-11-23)18-40-31(27-8-7-9-28(20(27)3)33(43)37-6)38-17-29(34(40)44)39-32(42)21(4)36-5/h7-17,19,21,36H,18H2,1-6H3,(H,37,43)(H,39,42). The van der Waals surface area contributed by atoms with Crippen molar-refractivity contribution in [3.63, 3.8) is 0 Å². The minimum absolute atomic E-state index is 0.0106. The van der Waals surface area contributed by atoms with Crippen LogP contribution < -0.4 is 21.5 Å². The number of hydrogen-bond acceptors (Lipinski definition) is 6. The number of anilines is 1. The molecule has 3 N–H and O–H groups in total. The number of benzene rings is 3. The molecule has 0 aliphatic carbocycles. The molecule has 0 spiro atoms. The molecule has 1 unspecified atom stereocenters. The maximum atomic E-state index is 14.0. The largest absolute Gasteiger partial charge is 0.355 e. The molecule has 0 aliphatic rings. The van der Waals surface area contributed by atoms with E-state index in [1.54, 1.807) is 58.3 Å². The first kappa shape index (κ1) is 32.0. The fourth-order valence-corrected chi connectivity index (χ4v) is 4.79. The molecule has 3 aromatic carbocycles. The molecular formula is C34H36FN5O4. The highest BCUT2D eigenvalue weighted by Gasteiger charge is 2.21. The molecule has 1 heterocycles. The normalized spacial score (nSPS) is 11.7. The lowest BCUT2D eigenvalue weighted by molar-refractivity contribution is -0.117. The van der Waals surface area contributed by atoms with Crippen LogP contribution in [0.25, 0.3) is 11.4 Å². The van der Waals surface area contributed by atoms with Crippen molar-refractivity contribution >= 4 is 23.3 Å². The zero-order valence-corrected chi connectivity index (χ0v) is 25.6. The molecule has 4 rings (SSSR count). The van der Waals surface area contributed by atoms with E-state index in [0.717, 1.165) is 5.56 Å². The molecule has 0 radical (unpaired) electrons. The minimum Gasteiger partial charge on any atom is -0.355 e. The first-order valence-corrected chi connectivity index (χ1v) is 14.3. The summed E-state index contributed by atoms with van der Waals surface area (Å²) < 4.78 is 15.0. The molecule has 0 bridgehead atoms. The summed E-state index contributed by atoms with van der Waals surface area (Å²) in [6.45, 7) is 7.45. The number of likely N-dealkylation sites (N-methyl/N-ethyl adjacent to an activating group) is 1. The van der Waals surface area contributed by atoms with E-state index >= 15 is 0 Å². The van der Waals surface area contributed by atoms with Crippen molar-refractivity contribution in [3.05, 3.63) is 116 Å². The fraction of sp³-hybridized carbons (Fsp3) is 0.265. The van der Waals surface area contributed by atoms with E-state index in [1.165, 1.54) is 35.0 Å². The summed E-state index contributed by atoms with van der Waals surface area (Å²) in [5.74, 6) is -1.06. The van der Waals surface area contributed by atoms with Gasteiger partial charge < -0.3 is 16.0 Å². The lowest BCUT2D eigenvalue weighted by Gasteiger charge is -2.19. The third-order valence-corrected chi connectivity index (χ3v) is 7.57. The van der Waals surface area contributed by atoms with Crippen LogP contribution in [0.3, 0.4) is 0 Å². The topological polar surface area (TPSA) is 122 Å². The van der Waals surface area contributed by atoms with Gasteiger partial charge >= 0.3 is 0 Å². The summed E-state index contributed by atoms with van der Waals surface area (Å²) >= 11 is 0. The van der Waals surface area contributed by atoms with Crippen LogP contribution in [0, 0.1) is 12.7 Å². The predicted octanol–water partition coefficient (Wildman–Crippen LogP) is 4.67. The van der Waals surface area contributed by atoms with Gasteiger partial charge in [-0.25, -0.2) is 9.37 Å². The number of carbonyl (C=O) groups is 3. The number of nitrogens with one attached hydrogen (secondary N) is 3. The van der Waals surface area contributed by atoms with E-state index < -0.39 is 23.3 Å². The van der Waals surface area contributed by atoms with Gasteiger partial charge in [0.15, 0.2) is 5.78 Å². The first-order valence-electron chi connectivity index (χ1n) is 14.3. The van der Waals surface area contributed by atoms with E-state index in [0.29, 0.717) is 39.2 Å². The Morgan fingerprint density at radius 2 is 1.66 bits per heavy atom. The predicted molar refractivity (Wildman–Crippen MR) is 169 cm³/mol. The second-order valence-corrected chi connectivity index (χ2v) is 10.9. The van der Waals surface area contributed by atoms with Gasteiger partial charge in [-0.05, 0) is 86.0 Å². The maximum absolute atomic E-state index is 14.0. The monoisotopic (exact) mass is 597 g/mol. The third kappa shape index (κ3) is 6.81. The van der Waals surface area contributed by atoms with Crippen LogP contribution in [0.4, 0.5) is 10.1 Å². The van der Waals surface area contributed by atoms with Crippen molar-refractivity contribution < 1.29 is 18.8 Å². The van der Waals surface area contributed by atoms with Crippen LogP contribution in [0.1, 0.15) is 69.7 Å². The van der Waals surface area contributed by atoms with Crippen molar-refractivity contribution in [2.45, 2.75) is 46.2 Å². The van der Waals surface area contributed by atoms with Crippen molar-refractivity contribution in [3.8, 4) is 11.4 Å². The van der Waals surface area contributed by atoms with Crippen molar-refractivity contribution in [2.75, 3.05) is 19.4 Å². The second kappa shape index (κ2) is 13.6. The molecule has 0 fully saturated rings. The Kier molecular flexibility index (Phi) is 9.85. The van der Waals surface area contributed by atoms with Crippen LogP contribution >= 0.6 is 0 Å². The summed E-state index contributed by atoms with van der Waals surface area (Å²) in [5, 5.41) is 8.13. The van der Waals surface area contributed by atoms with Gasteiger partial charge in [-0.2, -0.15) is 0 Å². The molecule has 0 aliphatic heterocycles. The molecule has 0 saturated carbocycles. The number of hydrogen-bond donors (Lipinski definition) is 3.